The summed E-state index contributed by atoms with van der Waals surface area (Å²) in [5.74, 6) is 0. The summed E-state index contributed by atoms with van der Waals surface area (Å²) in [4.78, 5) is 1.02. The summed E-state index contributed by atoms with van der Waals surface area (Å²) in [7, 11) is 0. The van der Waals surface area contributed by atoms with Gasteiger partial charge in [0.05, 0.1) is 11.3 Å². The second-order valence-electron chi connectivity index (χ2n) is 4.37. The van der Waals surface area contributed by atoms with Gasteiger partial charge in [-0.05, 0) is 39.2 Å². The average molecular weight is 220 g/mol. The van der Waals surface area contributed by atoms with Crippen LogP contribution in [0.4, 0.5) is 5.69 Å². The van der Waals surface area contributed by atoms with E-state index in [2.05, 4.69) is 32.2 Å². The van der Waals surface area contributed by atoms with Crippen molar-refractivity contribution in [3.8, 4) is 6.07 Å². The van der Waals surface area contributed by atoms with Crippen molar-refractivity contribution in [1.29, 1.82) is 5.26 Å². The van der Waals surface area contributed by atoms with Crippen molar-refractivity contribution in [3.63, 3.8) is 0 Å². The zero-order valence-corrected chi connectivity index (χ0v) is 10.4. The zero-order chi connectivity index (χ0) is 11.5. The van der Waals surface area contributed by atoms with Crippen molar-refractivity contribution in [2.45, 2.75) is 31.2 Å². The first-order chi connectivity index (χ1) is 6.98. The first kappa shape index (κ1) is 11.9. The van der Waals surface area contributed by atoms with Crippen LogP contribution in [0, 0.1) is 11.3 Å². The molecule has 0 aliphatic rings. The molecule has 0 spiro atoms. The van der Waals surface area contributed by atoms with E-state index >= 15 is 0 Å². The molecule has 1 aromatic carbocycles. The molecule has 0 saturated carbocycles. The van der Waals surface area contributed by atoms with E-state index in [9.17, 15) is 0 Å². The van der Waals surface area contributed by atoms with Crippen molar-refractivity contribution in [2.24, 2.45) is 0 Å². The molecule has 0 aliphatic heterocycles. The van der Waals surface area contributed by atoms with Crippen LogP contribution >= 0.6 is 11.8 Å². The minimum atomic E-state index is -0.0252. The minimum Gasteiger partial charge on any atom is -0.379 e. The first-order valence-corrected chi connectivity index (χ1v) is 6.05. The van der Waals surface area contributed by atoms with E-state index < -0.39 is 0 Å². The number of nitriles is 1. The standard InChI is InChI=1S/C12H16N2S/c1-12(2,3)14-10-6-5-7-11(15-4)9(10)8-13/h5-7,14H,1-4H3. The number of nitrogens with zero attached hydrogens (tertiary/aromatic N) is 1. The normalized spacial score (nSPS) is 10.9. The lowest BCUT2D eigenvalue weighted by Gasteiger charge is -2.23. The number of benzene rings is 1. The molecule has 1 N–H and O–H groups in total. The largest absolute Gasteiger partial charge is 0.379 e. The summed E-state index contributed by atoms with van der Waals surface area (Å²) in [6.45, 7) is 6.25. The number of hydrogen-bond donors (Lipinski definition) is 1. The third-order valence-electron chi connectivity index (χ3n) is 1.87. The van der Waals surface area contributed by atoms with Crippen LogP contribution in [0.2, 0.25) is 0 Å². The highest BCUT2D eigenvalue weighted by molar-refractivity contribution is 7.98. The summed E-state index contributed by atoms with van der Waals surface area (Å²) < 4.78 is 0. The molecule has 0 radical (unpaired) electrons. The Morgan fingerprint density at radius 1 is 1.33 bits per heavy atom. The third kappa shape index (κ3) is 3.17. The van der Waals surface area contributed by atoms with Crippen molar-refractivity contribution < 1.29 is 0 Å². The summed E-state index contributed by atoms with van der Waals surface area (Å²) in [6, 6.07) is 8.14. The predicted octanol–water partition coefficient (Wildman–Crippen LogP) is 3.49. The van der Waals surface area contributed by atoms with Gasteiger partial charge in [0.1, 0.15) is 6.07 Å². The molecule has 0 fully saturated rings. The summed E-state index contributed by atoms with van der Waals surface area (Å²) >= 11 is 1.60. The number of hydrogen-bond acceptors (Lipinski definition) is 3. The van der Waals surface area contributed by atoms with E-state index in [1.54, 1.807) is 11.8 Å². The first-order valence-electron chi connectivity index (χ1n) is 4.83. The maximum absolute atomic E-state index is 9.12. The maximum atomic E-state index is 9.12. The molecule has 0 aliphatic carbocycles. The van der Waals surface area contributed by atoms with Gasteiger partial charge in [-0.2, -0.15) is 5.26 Å². The van der Waals surface area contributed by atoms with Crippen LogP contribution in [-0.2, 0) is 0 Å². The predicted molar refractivity (Wildman–Crippen MR) is 66.3 cm³/mol. The zero-order valence-electron chi connectivity index (χ0n) is 9.59. The lowest BCUT2D eigenvalue weighted by atomic mass is 10.1. The molecule has 0 heterocycles. The van der Waals surface area contributed by atoms with E-state index in [1.165, 1.54) is 0 Å². The molecule has 0 bridgehead atoms. The molecule has 3 heteroatoms. The van der Waals surface area contributed by atoms with Gasteiger partial charge in [-0.3, -0.25) is 0 Å². The van der Waals surface area contributed by atoms with Crippen LogP contribution in [0.1, 0.15) is 26.3 Å². The Labute approximate surface area is 95.7 Å². The van der Waals surface area contributed by atoms with E-state index in [0.717, 1.165) is 16.1 Å². The lowest BCUT2D eigenvalue weighted by molar-refractivity contribution is 0.633. The van der Waals surface area contributed by atoms with Crippen molar-refractivity contribution >= 4 is 17.4 Å². The maximum Gasteiger partial charge on any atom is 0.102 e. The van der Waals surface area contributed by atoms with Gasteiger partial charge in [0.25, 0.3) is 0 Å². The number of anilines is 1. The Bertz CT molecular complexity index is 386. The van der Waals surface area contributed by atoms with Gasteiger partial charge in [-0.15, -0.1) is 11.8 Å². The topological polar surface area (TPSA) is 35.8 Å². The molecular weight excluding hydrogens is 204 g/mol. The van der Waals surface area contributed by atoms with Gasteiger partial charge in [0.2, 0.25) is 0 Å². The molecule has 0 aromatic heterocycles. The van der Waals surface area contributed by atoms with Gasteiger partial charge < -0.3 is 5.32 Å². The number of thioether (sulfide) groups is 1. The molecule has 0 amide bonds. The molecular formula is C12H16N2S. The SMILES string of the molecule is CSc1cccc(NC(C)(C)C)c1C#N. The van der Waals surface area contributed by atoms with Crippen molar-refractivity contribution in [1.82, 2.24) is 0 Å². The summed E-state index contributed by atoms with van der Waals surface area (Å²) in [5.41, 5.74) is 1.62. The quantitative estimate of drug-likeness (QED) is 0.775. The van der Waals surface area contributed by atoms with E-state index in [4.69, 9.17) is 5.26 Å². The molecule has 1 aromatic rings. The van der Waals surface area contributed by atoms with E-state index in [1.807, 2.05) is 24.5 Å². The molecule has 0 unspecified atom stereocenters. The van der Waals surface area contributed by atoms with Crippen LogP contribution < -0.4 is 5.32 Å². The second-order valence-corrected chi connectivity index (χ2v) is 5.22. The van der Waals surface area contributed by atoms with Gasteiger partial charge in [0.15, 0.2) is 0 Å². The fraction of sp³-hybridized carbons (Fsp3) is 0.417. The fourth-order valence-corrected chi connectivity index (χ4v) is 1.90. The molecule has 0 atom stereocenters. The number of nitrogens with one attached hydrogen (secondary N) is 1. The Hall–Kier alpha value is -1.14. The summed E-state index contributed by atoms with van der Waals surface area (Å²) in [5, 5.41) is 12.5. The monoisotopic (exact) mass is 220 g/mol. The molecule has 80 valence electrons. The fourth-order valence-electron chi connectivity index (χ4n) is 1.32. The Kier molecular flexibility index (Phi) is 3.65. The molecule has 1 rings (SSSR count). The molecule has 15 heavy (non-hydrogen) atoms. The van der Waals surface area contributed by atoms with Gasteiger partial charge in [-0.1, -0.05) is 6.07 Å². The number of rotatable bonds is 2. The van der Waals surface area contributed by atoms with E-state index in [0.29, 0.717) is 0 Å². The minimum absolute atomic E-state index is 0.0252. The molecule has 2 nitrogen and oxygen atoms in total. The van der Waals surface area contributed by atoms with Crippen molar-refractivity contribution in [2.75, 3.05) is 11.6 Å². The van der Waals surface area contributed by atoms with Crippen LogP contribution in [0.5, 0.6) is 0 Å². The average Bonchev–Trinajstić information content (AvgIpc) is 2.15. The molecule has 0 saturated heterocycles. The van der Waals surface area contributed by atoms with Crippen LogP contribution in [0.25, 0.3) is 0 Å². The highest BCUT2D eigenvalue weighted by Crippen LogP contribution is 2.27. The Morgan fingerprint density at radius 2 is 2.00 bits per heavy atom. The lowest BCUT2D eigenvalue weighted by Crippen LogP contribution is -2.26. The van der Waals surface area contributed by atoms with Crippen LogP contribution in [0.15, 0.2) is 23.1 Å². The highest BCUT2D eigenvalue weighted by Gasteiger charge is 2.13. The highest BCUT2D eigenvalue weighted by atomic mass is 32.2. The van der Waals surface area contributed by atoms with E-state index in [-0.39, 0.29) is 5.54 Å². The smallest absolute Gasteiger partial charge is 0.102 e. The van der Waals surface area contributed by atoms with Crippen LogP contribution in [0.3, 0.4) is 0 Å². The van der Waals surface area contributed by atoms with Gasteiger partial charge in [0, 0.05) is 10.4 Å². The van der Waals surface area contributed by atoms with Crippen molar-refractivity contribution in [3.05, 3.63) is 23.8 Å². The Balaban J connectivity index is 3.14. The Morgan fingerprint density at radius 3 is 2.47 bits per heavy atom. The van der Waals surface area contributed by atoms with Gasteiger partial charge in [-0.25, -0.2) is 0 Å². The summed E-state index contributed by atoms with van der Waals surface area (Å²) in [6.07, 6.45) is 1.98. The third-order valence-corrected chi connectivity index (χ3v) is 2.65. The van der Waals surface area contributed by atoms with Gasteiger partial charge >= 0.3 is 0 Å². The van der Waals surface area contributed by atoms with Crippen LogP contribution in [-0.4, -0.2) is 11.8 Å². The second kappa shape index (κ2) is 4.59.